The quantitative estimate of drug-likeness (QED) is 0.660. The highest BCUT2D eigenvalue weighted by Gasteiger charge is 2.39. The van der Waals surface area contributed by atoms with Gasteiger partial charge in [-0.3, -0.25) is 0 Å². The minimum Gasteiger partial charge on any atom is -0.397 e. The molecule has 2 fully saturated rings. The van der Waals surface area contributed by atoms with Crippen molar-refractivity contribution in [3.8, 4) is 0 Å². The SMILES string of the molecule is CN(CC1CC2CCC1C2)c1ccc(I)cc1N. The molecule has 0 saturated heterocycles. The summed E-state index contributed by atoms with van der Waals surface area (Å²) in [5.74, 6) is 2.91. The molecule has 0 radical (unpaired) electrons. The first kappa shape index (κ1) is 12.6. The summed E-state index contributed by atoms with van der Waals surface area (Å²) < 4.78 is 1.21. The summed E-state index contributed by atoms with van der Waals surface area (Å²) in [6.45, 7) is 1.17. The van der Waals surface area contributed by atoms with Crippen LogP contribution in [0, 0.1) is 21.3 Å². The van der Waals surface area contributed by atoms with Gasteiger partial charge in [0.05, 0.1) is 11.4 Å². The van der Waals surface area contributed by atoms with Crippen LogP contribution in [0.4, 0.5) is 11.4 Å². The first-order chi connectivity index (χ1) is 8.63. The summed E-state index contributed by atoms with van der Waals surface area (Å²) in [6, 6.07) is 6.36. The minimum atomic E-state index is 0.896. The fraction of sp³-hybridized carbons (Fsp3) is 0.600. The normalized spacial score (nSPS) is 29.8. The second-order valence-corrected chi connectivity index (χ2v) is 7.26. The van der Waals surface area contributed by atoms with Gasteiger partial charge < -0.3 is 10.6 Å². The van der Waals surface area contributed by atoms with Crippen LogP contribution in [0.15, 0.2) is 18.2 Å². The van der Waals surface area contributed by atoms with E-state index in [2.05, 4.69) is 52.7 Å². The van der Waals surface area contributed by atoms with Crippen LogP contribution < -0.4 is 10.6 Å². The fourth-order valence-corrected chi connectivity index (χ4v) is 4.44. The van der Waals surface area contributed by atoms with E-state index in [1.807, 2.05) is 0 Å². The summed E-state index contributed by atoms with van der Waals surface area (Å²) in [7, 11) is 2.19. The van der Waals surface area contributed by atoms with Crippen molar-refractivity contribution in [3.63, 3.8) is 0 Å². The Morgan fingerprint density at radius 1 is 1.33 bits per heavy atom. The topological polar surface area (TPSA) is 29.3 Å². The maximum Gasteiger partial charge on any atom is 0.0598 e. The standard InChI is InChI=1S/C15H21IN2/c1-18(15-5-4-13(16)8-14(15)17)9-12-7-10-2-3-11(12)6-10/h4-5,8,10-12H,2-3,6-7,9,17H2,1H3. The summed E-state index contributed by atoms with van der Waals surface area (Å²) in [6.07, 6.45) is 5.88. The predicted octanol–water partition coefficient (Wildman–Crippen LogP) is 3.75. The molecule has 2 aliphatic rings. The van der Waals surface area contributed by atoms with E-state index < -0.39 is 0 Å². The average molecular weight is 356 g/mol. The molecule has 3 atom stereocenters. The lowest BCUT2D eigenvalue weighted by atomic mass is 9.88. The maximum atomic E-state index is 6.13. The van der Waals surface area contributed by atoms with Crippen molar-refractivity contribution in [2.45, 2.75) is 25.7 Å². The number of hydrogen-bond donors (Lipinski definition) is 1. The third kappa shape index (κ3) is 2.33. The first-order valence-electron chi connectivity index (χ1n) is 6.89. The van der Waals surface area contributed by atoms with E-state index in [1.54, 1.807) is 0 Å². The van der Waals surface area contributed by atoms with Crippen LogP contribution in [0.3, 0.4) is 0 Å². The summed E-state index contributed by atoms with van der Waals surface area (Å²) in [5.41, 5.74) is 8.23. The van der Waals surface area contributed by atoms with Gasteiger partial charge in [-0.05, 0) is 77.8 Å². The van der Waals surface area contributed by atoms with Crippen molar-refractivity contribution in [3.05, 3.63) is 21.8 Å². The predicted molar refractivity (Wildman–Crippen MR) is 85.8 cm³/mol. The van der Waals surface area contributed by atoms with Crippen LogP contribution in [0.5, 0.6) is 0 Å². The molecule has 18 heavy (non-hydrogen) atoms. The molecule has 0 aromatic heterocycles. The molecule has 2 saturated carbocycles. The Morgan fingerprint density at radius 3 is 2.78 bits per heavy atom. The Kier molecular flexibility index (Phi) is 3.43. The molecule has 2 N–H and O–H groups in total. The smallest absolute Gasteiger partial charge is 0.0598 e. The highest BCUT2D eigenvalue weighted by Crippen LogP contribution is 2.48. The zero-order valence-corrected chi connectivity index (χ0v) is 13.1. The van der Waals surface area contributed by atoms with Crippen LogP contribution in [0.25, 0.3) is 0 Å². The van der Waals surface area contributed by atoms with Crippen molar-refractivity contribution in [1.82, 2.24) is 0 Å². The highest BCUT2D eigenvalue weighted by molar-refractivity contribution is 14.1. The van der Waals surface area contributed by atoms with E-state index in [-0.39, 0.29) is 0 Å². The van der Waals surface area contributed by atoms with E-state index in [1.165, 1.54) is 41.5 Å². The van der Waals surface area contributed by atoms with Gasteiger partial charge in [-0.25, -0.2) is 0 Å². The molecule has 2 bridgehead atoms. The molecular weight excluding hydrogens is 335 g/mol. The summed E-state index contributed by atoms with van der Waals surface area (Å²) in [4.78, 5) is 2.36. The number of nitrogens with zero attached hydrogens (tertiary/aromatic N) is 1. The van der Waals surface area contributed by atoms with Crippen LogP contribution in [-0.2, 0) is 0 Å². The van der Waals surface area contributed by atoms with Gasteiger partial charge in [0, 0.05) is 17.2 Å². The third-order valence-corrected chi connectivity index (χ3v) is 5.46. The molecule has 3 unspecified atom stereocenters. The van der Waals surface area contributed by atoms with Gasteiger partial charge in [-0.15, -0.1) is 0 Å². The molecule has 0 spiro atoms. The fourth-order valence-electron chi connectivity index (χ4n) is 3.92. The number of nitrogen functional groups attached to an aromatic ring is 1. The number of nitrogens with two attached hydrogens (primary N) is 1. The van der Waals surface area contributed by atoms with Crippen LogP contribution in [-0.4, -0.2) is 13.6 Å². The van der Waals surface area contributed by atoms with Crippen LogP contribution >= 0.6 is 22.6 Å². The van der Waals surface area contributed by atoms with E-state index >= 15 is 0 Å². The van der Waals surface area contributed by atoms with Gasteiger partial charge >= 0.3 is 0 Å². The van der Waals surface area contributed by atoms with E-state index in [0.29, 0.717) is 0 Å². The molecule has 0 heterocycles. The van der Waals surface area contributed by atoms with E-state index in [0.717, 1.165) is 23.4 Å². The minimum absolute atomic E-state index is 0.896. The van der Waals surface area contributed by atoms with Crippen molar-refractivity contribution in [1.29, 1.82) is 0 Å². The number of rotatable bonds is 3. The second-order valence-electron chi connectivity index (χ2n) is 6.02. The first-order valence-corrected chi connectivity index (χ1v) is 7.97. The van der Waals surface area contributed by atoms with Gasteiger partial charge in [0.15, 0.2) is 0 Å². The van der Waals surface area contributed by atoms with Gasteiger partial charge in [0.1, 0.15) is 0 Å². The van der Waals surface area contributed by atoms with Crippen molar-refractivity contribution in [2.75, 3.05) is 24.2 Å². The monoisotopic (exact) mass is 356 g/mol. The van der Waals surface area contributed by atoms with Crippen molar-refractivity contribution in [2.24, 2.45) is 17.8 Å². The molecule has 3 rings (SSSR count). The molecule has 2 nitrogen and oxygen atoms in total. The number of hydrogen-bond acceptors (Lipinski definition) is 2. The zero-order valence-electron chi connectivity index (χ0n) is 10.9. The Hall–Kier alpha value is -0.450. The number of benzene rings is 1. The Balaban J connectivity index is 1.69. The van der Waals surface area contributed by atoms with Crippen LogP contribution in [0.2, 0.25) is 0 Å². The molecule has 1 aromatic rings. The molecular formula is C15H21IN2. The van der Waals surface area contributed by atoms with Gasteiger partial charge in [0.25, 0.3) is 0 Å². The Labute approximate surface area is 123 Å². The number of anilines is 2. The lowest BCUT2D eigenvalue weighted by Crippen LogP contribution is -2.29. The van der Waals surface area contributed by atoms with Crippen molar-refractivity contribution < 1.29 is 0 Å². The zero-order chi connectivity index (χ0) is 12.7. The summed E-state index contributed by atoms with van der Waals surface area (Å²) >= 11 is 2.31. The second kappa shape index (κ2) is 4.91. The molecule has 2 aliphatic carbocycles. The number of halogens is 1. The van der Waals surface area contributed by atoms with Gasteiger partial charge in [-0.2, -0.15) is 0 Å². The molecule has 1 aromatic carbocycles. The third-order valence-electron chi connectivity index (χ3n) is 4.79. The Morgan fingerprint density at radius 2 is 2.17 bits per heavy atom. The number of fused-ring (bicyclic) bond motifs is 2. The largest absolute Gasteiger partial charge is 0.397 e. The summed E-state index contributed by atoms with van der Waals surface area (Å²) in [5, 5.41) is 0. The lowest BCUT2D eigenvalue weighted by Gasteiger charge is -2.29. The van der Waals surface area contributed by atoms with E-state index in [4.69, 9.17) is 5.73 Å². The molecule has 0 amide bonds. The van der Waals surface area contributed by atoms with E-state index in [9.17, 15) is 0 Å². The average Bonchev–Trinajstić information content (AvgIpc) is 2.90. The van der Waals surface area contributed by atoms with Crippen molar-refractivity contribution >= 4 is 34.0 Å². The van der Waals surface area contributed by atoms with Gasteiger partial charge in [-0.1, -0.05) is 6.42 Å². The molecule has 0 aliphatic heterocycles. The highest BCUT2D eigenvalue weighted by atomic mass is 127. The lowest BCUT2D eigenvalue weighted by molar-refractivity contribution is 0.337. The Bertz CT molecular complexity index is 446. The maximum absolute atomic E-state index is 6.13. The van der Waals surface area contributed by atoms with Gasteiger partial charge in [0.2, 0.25) is 0 Å². The molecule has 98 valence electrons. The molecule has 3 heteroatoms. The van der Waals surface area contributed by atoms with Crippen LogP contribution in [0.1, 0.15) is 25.7 Å².